The number of ether oxygens (including phenoxy) is 1. The summed E-state index contributed by atoms with van der Waals surface area (Å²) in [6.45, 7) is 2.94. The van der Waals surface area contributed by atoms with Crippen LogP contribution >= 0.6 is 0 Å². The van der Waals surface area contributed by atoms with Crippen LogP contribution < -0.4 is 5.32 Å². The molecule has 4 rings (SSSR count). The second-order valence-electron chi connectivity index (χ2n) is 5.89. The zero-order valence-electron chi connectivity index (χ0n) is 13.3. The van der Waals surface area contributed by atoms with Crippen LogP contribution in [0.1, 0.15) is 19.4 Å². The van der Waals surface area contributed by atoms with Crippen molar-refractivity contribution in [2.75, 3.05) is 18.5 Å². The summed E-state index contributed by atoms with van der Waals surface area (Å²) in [5.41, 5.74) is 3.13. The van der Waals surface area contributed by atoms with Crippen molar-refractivity contribution in [3.8, 4) is 11.4 Å². The summed E-state index contributed by atoms with van der Waals surface area (Å²) in [4.78, 5) is 15.8. The predicted octanol–water partition coefficient (Wildman–Crippen LogP) is 2.41. The molecule has 0 unspecified atom stereocenters. The summed E-state index contributed by atoms with van der Waals surface area (Å²) in [7, 11) is 0. The molecule has 0 aliphatic carbocycles. The topological polar surface area (TPSA) is 81.9 Å². The van der Waals surface area contributed by atoms with Gasteiger partial charge in [-0.25, -0.2) is 9.67 Å². The zero-order valence-corrected chi connectivity index (χ0v) is 13.3. The summed E-state index contributed by atoms with van der Waals surface area (Å²) in [6, 6.07) is 9.78. The first-order valence-corrected chi connectivity index (χ1v) is 7.87. The van der Waals surface area contributed by atoms with E-state index >= 15 is 0 Å². The van der Waals surface area contributed by atoms with Crippen LogP contribution in [0.4, 0.5) is 5.69 Å². The highest BCUT2D eigenvalue weighted by atomic mass is 16.5. The van der Waals surface area contributed by atoms with Gasteiger partial charge in [-0.05, 0) is 30.7 Å². The number of carbonyl (C=O) groups is 1. The van der Waals surface area contributed by atoms with Crippen molar-refractivity contribution >= 4 is 22.5 Å². The molecule has 7 nitrogen and oxygen atoms in total. The van der Waals surface area contributed by atoms with E-state index in [1.54, 1.807) is 0 Å². The van der Waals surface area contributed by atoms with E-state index in [0.29, 0.717) is 6.61 Å². The Labute approximate surface area is 138 Å². The maximum atomic E-state index is 11.1. The molecule has 0 bridgehead atoms. The first kappa shape index (κ1) is 14.8. The van der Waals surface area contributed by atoms with Gasteiger partial charge in [-0.2, -0.15) is 0 Å². The van der Waals surface area contributed by atoms with Crippen LogP contribution in [-0.4, -0.2) is 39.1 Å². The maximum absolute atomic E-state index is 11.1. The normalized spacial score (nSPS) is 17.3. The number of rotatable bonds is 3. The molecule has 1 aliphatic rings. The molecule has 1 saturated heterocycles. The molecule has 3 aromatic rings. The third-order valence-electron chi connectivity index (χ3n) is 4.06. The van der Waals surface area contributed by atoms with Crippen molar-refractivity contribution < 1.29 is 9.53 Å². The first-order valence-electron chi connectivity index (χ1n) is 7.87. The number of hydrogen-bond donors (Lipinski definition) is 1. The number of hydrogen-bond acceptors (Lipinski definition) is 5. The molecule has 0 radical (unpaired) electrons. The fourth-order valence-electron chi connectivity index (χ4n) is 2.85. The Morgan fingerprint density at radius 2 is 2.21 bits per heavy atom. The maximum Gasteiger partial charge on any atom is 0.221 e. The molecule has 1 aliphatic heterocycles. The Balaban J connectivity index is 1.63. The smallest absolute Gasteiger partial charge is 0.221 e. The van der Waals surface area contributed by atoms with Crippen LogP contribution in [0, 0.1) is 0 Å². The van der Waals surface area contributed by atoms with Crippen LogP contribution in [0.2, 0.25) is 0 Å². The van der Waals surface area contributed by atoms with Gasteiger partial charge < -0.3 is 10.1 Å². The number of anilines is 1. The Kier molecular flexibility index (Phi) is 3.70. The molecule has 1 atom stereocenters. The quantitative estimate of drug-likeness (QED) is 0.800. The number of nitrogens with one attached hydrogen (secondary N) is 1. The number of amides is 1. The predicted molar refractivity (Wildman–Crippen MR) is 89.5 cm³/mol. The lowest BCUT2D eigenvalue weighted by Gasteiger charge is -2.06. The number of fused-ring (bicyclic) bond motifs is 1. The van der Waals surface area contributed by atoms with Crippen molar-refractivity contribution in [2.45, 2.75) is 19.4 Å². The standard InChI is InChI=1S/C17H17N5O2/c1-11(23)18-13-3-5-15-12(8-13)2-4-16(19-15)17-9-22(21-20-17)14-6-7-24-10-14/h2-5,8-9,14H,6-7,10H2,1H3,(H,18,23)/t14-/m0/s1. The van der Waals surface area contributed by atoms with Crippen molar-refractivity contribution in [2.24, 2.45) is 0 Å². The molecule has 1 fully saturated rings. The van der Waals surface area contributed by atoms with Crippen molar-refractivity contribution in [3.05, 3.63) is 36.5 Å². The summed E-state index contributed by atoms with van der Waals surface area (Å²) in [5.74, 6) is -0.0913. The number of carbonyl (C=O) groups excluding carboxylic acids is 1. The van der Waals surface area contributed by atoms with Gasteiger partial charge in [0, 0.05) is 24.6 Å². The molecule has 0 saturated carbocycles. The third kappa shape index (κ3) is 2.85. The van der Waals surface area contributed by atoms with Gasteiger partial charge >= 0.3 is 0 Å². The van der Waals surface area contributed by atoms with E-state index in [2.05, 4.69) is 20.6 Å². The highest BCUT2D eigenvalue weighted by Gasteiger charge is 2.19. The lowest BCUT2D eigenvalue weighted by atomic mass is 10.1. The second-order valence-corrected chi connectivity index (χ2v) is 5.89. The molecular weight excluding hydrogens is 306 g/mol. The summed E-state index contributed by atoms with van der Waals surface area (Å²) in [5, 5.41) is 12.2. The zero-order chi connectivity index (χ0) is 16.5. The average Bonchev–Trinajstić information content (AvgIpc) is 3.25. The van der Waals surface area contributed by atoms with Gasteiger partial charge in [0.15, 0.2) is 0 Å². The van der Waals surface area contributed by atoms with Gasteiger partial charge in [-0.15, -0.1) is 5.10 Å². The number of nitrogens with zero attached hydrogens (tertiary/aromatic N) is 4. The Bertz CT molecular complexity index is 899. The van der Waals surface area contributed by atoms with Crippen molar-refractivity contribution in [1.82, 2.24) is 20.0 Å². The third-order valence-corrected chi connectivity index (χ3v) is 4.06. The van der Waals surface area contributed by atoms with Crippen LogP contribution in [-0.2, 0) is 9.53 Å². The van der Waals surface area contributed by atoms with E-state index in [9.17, 15) is 4.79 Å². The van der Waals surface area contributed by atoms with Gasteiger partial charge in [0.2, 0.25) is 5.91 Å². The van der Waals surface area contributed by atoms with Gasteiger partial charge in [0.25, 0.3) is 0 Å². The SMILES string of the molecule is CC(=O)Nc1ccc2nc(-c3cn([C@H]4CCOC4)nn3)ccc2c1. The Morgan fingerprint density at radius 3 is 3.00 bits per heavy atom. The van der Waals surface area contributed by atoms with E-state index in [1.165, 1.54) is 6.92 Å². The van der Waals surface area contributed by atoms with Crippen LogP contribution in [0.25, 0.3) is 22.3 Å². The van der Waals surface area contributed by atoms with Gasteiger partial charge in [0.05, 0.1) is 30.1 Å². The molecule has 1 aromatic carbocycles. The highest BCUT2D eigenvalue weighted by molar-refractivity contribution is 5.92. The van der Waals surface area contributed by atoms with Crippen LogP contribution in [0.5, 0.6) is 0 Å². The fourth-order valence-corrected chi connectivity index (χ4v) is 2.85. The number of benzene rings is 1. The minimum Gasteiger partial charge on any atom is -0.379 e. The molecule has 122 valence electrons. The van der Waals surface area contributed by atoms with Gasteiger partial charge in [-0.1, -0.05) is 11.3 Å². The Morgan fingerprint density at radius 1 is 1.29 bits per heavy atom. The van der Waals surface area contributed by atoms with Gasteiger partial charge in [0.1, 0.15) is 5.69 Å². The molecule has 1 amide bonds. The lowest BCUT2D eigenvalue weighted by molar-refractivity contribution is -0.114. The first-order chi connectivity index (χ1) is 11.7. The molecule has 0 spiro atoms. The van der Waals surface area contributed by atoms with E-state index in [0.717, 1.165) is 41.0 Å². The van der Waals surface area contributed by atoms with Crippen molar-refractivity contribution in [3.63, 3.8) is 0 Å². The van der Waals surface area contributed by atoms with E-state index in [4.69, 9.17) is 4.74 Å². The molecule has 24 heavy (non-hydrogen) atoms. The highest BCUT2D eigenvalue weighted by Crippen LogP contribution is 2.24. The molecule has 2 aromatic heterocycles. The molecular formula is C17H17N5O2. The van der Waals surface area contributed by atoms with Gasteiger partial charge in [-0.3, -0.25) is 4.79 Å². The number of aromatic nitrogens is 4. The van der Waals surface area contributed by atoms with E-state index in [-0.39, 0.29) is 11.9 Å². The average molecular weight is 323 g/mol. The largest absolute Gasteiger partial charge is 0.379 e. The van der Waals surface area contributed by atoms with Crippen LogP contribution in [0.15, 0.2) is 36.5 Å². The molecule has 7 heteroatoms. The summed E-state index contributed by atoms with van der Waals surface area (Å²) >= 11 is 0. The molecule has 3 heterocycles. The van der Waals surface area contributed by atoms with E-state index in [1.807, 2.05) is 41.2 Å². The fraction of sp³-hybridized carbons (Fsp3) is 0.294. The summed E-state index contributed by atoms with van der Waals surface area (Å²) < 4.78 is 7.24. The van der Waals surface area contributed by atoms with Crippen molar-refractivity contribution in [1.29, 1.82) is 0 Å². The minimum atomic E-state index is -0.0913. The monoisotopic (exact) mass is 323 g/mol. The Hall–Kier alpha value is -2.80. The van der Waals surface area contributed by atoms with E-state index < -0.39 is 0 Å². The molecule has 1 N–H and O–H groups in total. The number of pyridine rings is 1. The summed E-state index contributed by atoms with van der Waals surface area (Å²) in [6.07, 6.45) is 2.87. The second kappa shape index (κ2) is 6.01. The minimum absolute atomic E-state index is 0.0913. The lowest BCUT2D eigenvalue weighted by Crippen LogP contribution is -2.08. The van der Waals surface area contributed by atoms with Crippen LogP contribution in [0.3, 0.4) is 0 Å².